The number of alkyl halides is 3. The van der Waals surface area contributed by atoms with Crippen LogP contribution in [-0.2, 0) is 11.3 Å². The van der Waals surface area contributed by atoms with Crippen LogP contribution in [0, 0.1) is 0 Å². The lowest BCUT2D eigenvalue weighted by atomic mass is 10.0. The number of hydrogen-bond donors (Lipinski definition) is 0. The quantitative estimate of drug-likeness (QED) is 0.137. The van der Waals surface area contributed by atoms with Gasteiger partial charge in [0.2, 0.25) is 0 Å². The molecule has 11 heteroatoms. The Hall–Kier alpha value is -1.80. The summed E-state index contributed by atoms with van der Waals surface area (Å²) in [6.45, 7) is 2.50. The molecule has 0 amide bonds. The van der Waals surface area contributed by atoms with Gasteiger partial charge in [-0.15, -0.1) is 0 Å². The molecule has 0 spiro atoms. The van der Waals surface area contributed by atoms with Crippen LogP contribution in [-0.4, -0.2) is 31.7 Å². The molecule has 0 N–H and O–H groups in total. The fourth-order valence-corrected chi connectivity index (χ4v) is 3.53. The molecule has 0 aliphatic rings. The molecule has 2 aromatic rings. The number of ether oxygens (including phenoxy) is 2. The Kier molecular flexibility index (Phi) is 12.3. The van der Waals surface area contributed by atoms with E-state index in [2.05, 4.69) is 5.16 Å². The van der Waals surface area contributed by atoms with Crippen molar-refractivity contribution in [3.05, 3.63) is 68.1 Å². The Morgan fingerprint density at radius 2 is 1.63 bits per heavy atom. The van der Waals surface area contributed by atoms with E-state index < -0.39 is 11.9 Å². The number of rotatable bonds is 13. The molecular weight excluding hydrogens is 549 g/mol. The van der Waals surface area contributed by atoms with Crippen LogP contribution in [0.3, 0.4) is 0 Å². The molecule has 0 unspecified atom stereocenters. The van der Waals surface area contributed by atoms with E-state index in [-0.39, 0.29) is 33.3 Å². The van der Waals surface area contributed by atoms with Gasteiger partial charge in [-0.05, 0) is 30.9 Å². The molecule has 0 bridgehead atoms. The van der Waals surface area contributed by atoms with Crippen molar-refractivity contribution < 1.29 is 27.5 Å². The van der Waals surface area contributed by atoms with Crippen molar-refractivity contribution >= 4 is 52.1 Å². The van der Waals surface area contributed by atoms with Crippen LogP contribution in [0.4, 0.5) is 13.2 Å². The van der Waals surface area contributed by atoms with Gasteiger partial charge >= 0.3 is 6.18 Å². The van der Waals surface area contributed by atoms with Crippen molar-refractivity contribution in [1.29, 1.82) is 0 Å². The van der Waals surface area contributed by atoms with Crippen LogP contribution < -0.4 is 9.47 Å². The minimum Gasteiger partial charge on any atom is -0.490 e. The normalized spacial score (nSPS) is 11.8. The van der Waals surface area contributed by atoms with Crippen molar-refractivity contribution in [3.63, 3.8) is 0 Å². The first-order valence-electron chi connectivity index (χ1n) is 10.7. The van der Waals surface area contributed by atoms with E-state index in [4.69, 9.17) is 60.7 Å². The Balaban J connectivity index is 1.91. The highest BCUT2D eigenvalue weighted by atomic mass is 35.5. The molecule has 4 nitrogen and oxygen atoms in total. The summed E-state index contributed by atoms with van der Waals surface area (Å²) in [6.07, 6.45) is -0.548. The maximum atomic E-state index is 13.3. The number of benzene rings is 2. The molecule has 0 saturated carbocycles. The second kappa shape index (κ2) is 14.7. The van der Waals surface area contributed by atoms with Gasteiger partial charge < -0.3 is 14.3 Å². The monoisotopic (exact) mass is 571 g/mol. The summed E-state index contributed by atoms with van der Waals surface area (Å²) < 4.78 is 51.2. The molecule has 2 rings (SSSR count). The van der Waals surface area contributed by atoms with E-state index in [1.165, 1.54) is 18.2 Å². The summed E-state index contributed by atoms with van der Waals surface area (Å²) in [6, 6.07) is 9.12. The molecule has 0 aliphatic carbocycles. The molecule has 192 valence electrons. The first-order chi connectivity index (χ1) is 16.6. The van der Waals surface area contributed by atoms with Crippen molar-refractivity contribution in [2.75, 3.05) is 19.8 Å². The molecule has 0 aromatic heterocycles. The second-order valence-corrected chi connectivity index (χ2v) is 9.12. The fraction of sp³-hybridized carbons (Fsp3) is 0.375. The summed E-state index contributed by atoms with van der Waals surface area (Å²) in [5, 5.41) is 3.86. The first-order valence-corrected chi connectivity index (χ1v) is 12.2. The topological polar surface area (TPSA) is 40.0 Å². The lowest BCUT2D eigenvalue weighted by Crippen LogP contribution is -2.24. The van der Waals surface area contributed by atoms with Crippen molar-refractivity contribution in [2.45, 2.75) is 38.8 Å². The highest BCUT2D eigenvalue weighted by molar-refractivity contribution is 6.55. The number of unbranched alkanes of at least 4 members (excludes halogenated alkanes) is 1. The average Bonchev–Trinajstić information content (AvgIpc) is 2.77. The molecule has 0 aliphatic heterocycles. The van der Waals surface area contributed by atoms with Gasteiger partial charge in [-0.25, -0.2) is 0 Å². The molecular formula is C24H24Cl4F3NO3. The molecule has 2 aromatic carbocycles. The largest absolute Gasteiger partial charge is 0.490 e. The van der Waals surface area contributed by atoms with Gasteiger partial charge in [0.25, 0.3) is 0 Å². The lowest BCUT2D eigenvalue weighted by molar-refractivity contribution is -0.0615. The number of hydrogen-bond acceptors (Lipinski definition) is 4. The maximum Gasteiger partial charge on any atom is 0.437 e. The van der Waals surface area contributed by atoms with Gasteiger partial charge in [0, 0.05) is 17.7 Å². The minimum absolute atomic E-state index is 0.0568. The zero-order chi connectivity index (χ0) is 25.8. The number of nitrogens with zero attached hydrogens (tertiary/aromatic N) is 1. The second-order valence-electron chi connectivity index (χ2n) is 7.29. The fourth-order valence-electron chi connectivity index (χ4n) is 2.83. The van der Waals surface area contributed by atoms with Crippen LogP contribution in [0.15, 0.2) is 52.1 Å². The molecule has 0 heterocycles. The Labute approximate surface area is 222 Å². The SMILES string of the molecule is CCCCON=C(c1ccc(CCCOc2c(Cl)cc(OCC=C(Cl)Cl)cc2Cl)cc1)C(F)(F)F. The Bertz CT molecular complexity index is 985. The highest BCUT2D eigenvalue weighted by Crippen LogP contribution is 2.37. The van der Waals surface area contributed by atoms with Crippen LogP contribution in [0.5, 0.6) is 11.5 Å². The standard InChI is InChI=1S/C24H24Cl4F3NO3/c1-2-3-12-35-32-23(24(29,30)31)17-8-6-16(7-9-17)5-4-11-34-22-19(25)14-18(15-20(22)26)33-13-10-21(27)28/h6-10,14-15H,2-5,11-13H2,1H3. The van der Waals surface area contributed by atoms with Crippen LogP contribution in [0.1, 0.15) is 37.3 Å². The Morgan fingerprint density at radius 1 is 0.971 bits per heavy atom. The molecule has 35 heavy (non-hydrogen) atoms. The summed E-state index contributed by atoms with van der Waals surface area (Å²) in [7, 11) is 0. The van der Waals surface area contributed by atoms with Crippen LogP contribution >= 0.6 is 46.4 Å². The van der Waals surface area contributed by atoms with Gasteiger partial charge in [-0.1, -0.05) is 89.2 Å². The molecule has 0 atom stereocenters. The summed E-state index contributed by atoms with van der Waals surface area (Å²) in [5.74, 6) is 0.742. The zero-order valence-electron chi connectivity index (χ0n) is 18.8. The van der Waals surface area contributed by atoms with Crippen molar-refractivity contribution in [1.82, 2.24) is 0 Å². The molecule has 0 radical (unpaired) electrons. The smallest absolute Gasteiger partial charge is 0.437 e. The number of halogens is 7. The lowest BCUT2D eigenvalue weighted by Gasteiger charge is -2.13. The van der Waals surface area contributed by atoms with Gasteiger partial charge in [-0.2, -0.15) is 13.2 Å². The summed E-state index contributed by atoms with van der Waals surface area (Å²) in [5.41, 5.74) is -0.265. The van der Waals surface area contributed by atoms with E-state index >= 15 is 0 Å². The van der Waals surface area contributed by atoms with E-state index in [0.29, 0.717) is 37.4 Å². The third kappa shape index (κ3) is 10.4. The molecule has 0 saturated heterocycles. The highest BCUT2D eigenvalue weighted by Gasteiger charge is 2.37. The van der Waals surface area contributed by atoms with Gasteiger partial charge in [0.1, 0.15) is 23.5 Å². The van der Waals surface area contributed by atoms with E-state index in [0.717, 1.165) is 12.0 Å². The Morgan fingerprint density at radius 3 is 2.20 bits per heavy atom. The van der Waals surface area contributed by atoms with Crippen LogP contribution in [0.2, 0.25) is 10.0 Å². The van der Waals surface area contributed by atoms with E-state index in [1.807, 2.05) is 6.92 Å². The summed E-state index contributed by atoms with van der Waals surface area (Å²) in [4.78, 5) is 4.83. The third-order valence-corrected chi connectivity index (χ3v) is 5.43. The zero-order valence-corrected chi connectivity index (χ0v) is 21.8. The van der Waals surface area contributed by atoms with E-state index in [9.17, 15) is 13.2 Å². The van der Waals surface area contributed by atoms with Gasteiger partial charge in [-0.3, -0.25) is 0 Å². The predicted molar refractivity (Wildman–Crippen MR) is 135 cm³/mol. The third-order valence-electron chi connectivity index (χ3n) is 4.56. The average molecular weight is 573 g/mol. The maximum absolute atomic E-state index is 13.3. The van der Waals surface area contributed by atoms with Gasteiger partial charge in [0.05, 0.1) is 16.7 Å². The number of aryl methyl sites for hydroxylation is 1. The van der Waals surface area contributed by atoms with Crippen LogP contribution in [0.25, 0.3) is 0 Å². The predicted octanol–water partition coefficient (Wildman–Crippen LogP) is 8.79. The summed E-state index contributed by atoms with van der Waals surface area (Å²) >= 11 is 23.5. The first kappa shape index (κ1) is 29.4. The minimum atomic E-state index is -4.62. The molecule has 0 fully saturated rings. The number of oxime groups is 1. The van der Waals surface area contributed by atoms with Crippen molar-refractivity contribution in [3.8, 4) is 11.5 Å². The van der Waals surface area contributed by atoms with E-state index in [1.54, 1.807) is 24.3 Å². The van der Waals surface area contributed by atoms with Crippen molar-refractivity contribution in [2.24, 2.45) is 5.16 Å². The van der Waals surface area contributed by atoms with Gasteiger partial charge in [0.15, 0.2) is 11.5 Å².